The molecule has 0 radical (unpaired) electrons. The number of fused-ring (bicyclic) bond motifs is 8. The third-order valence-electron chi connectivity index (χ3n) is 9.54. The molecule has 7 aromatic carbocycles. The van der Waals surface area contributed by atoms with Crippen molar-refractivity contribution in [1.82, 2.24) is 9.13 Å². The first-order chi connectivity index (χ1) is 23.3. The molecule has 0 aliphatic rings. The maximum absolute atomic E-state index is 6.49. The Morgan fingerprint density at radius 3 is 1.64 bits per heavy atom. The lowest BCUT2D eigenvalue weighted by atomic mass is 9.97. The van der Waals surface area contributed by atoms with Crippen LogP contribution in [0.4, 0.5) is 0 Å². The zero-order valence-corrected chi connectivity index (χ0v) is 25.5. The highest BCUT2D eigenvalue weighted by Crippen LogP contribution is 2.41. The molecule has 3 heteroatoms. The van der Waals surface area contributed by atoms with Crippen molar-refractivity contribution < 1.29 is 4.42 Å². The van der Waals surface area contributed by atoms with Crippen molar-refractivity contribution in [2.45, 2.75) is 0 Å². The van der Waals surface area contributed by atoms with Gasteiger partial charge in [0.15, 0.2) is 0 Å². The average Bonchev–Trinajstić information content (AvgIpc) is 3.79. The summed E-state index contributed by atoms with van der Waals surface area (Å²) in [5.74, 6) is 0. The van der Waals surface area contributed by atoms with Crippen LogP contribution >= 0.6 is 0 Å². The lowest BCUT2D eigenvalue weighted by Crippen LogP contribution is -1.93. The fraction of sp³-hybridized carbons (Fsp3) is 0. The largest absolute Gasteiger partial charge is 0.439 e. The zero-order valence-electron chi connectivity index (χ0n) is 25.5. The van der Waals surface area contributed by atoms with Gasteiger partial charge in [-0.3, -0.25) is 4.57 Å². The van der Waals surface area contributed by atoms with Crippen LogP contribution in [0.3, 0.4) is 0 Å². The number of aromatic nitrogens is 2. The normalized spacial score (nSPS) is 11.8. The summed E-state index contributed by atoms with van der Waals surface area (Å²) in [7, 11) is 0. The molecule has 0 saturated heterocycles. The quantitative estimate of drug-likeness (QED) is 0.197. The monoisotopic (exact) mass is 600 g/mol. The van der Waals surface area contributed by atoms with Gasteiger partial charge < -0.3 is 8.98 Å². The minimum atomic E-state index is 0.877. The number of nitrogens with zero attached hydrogens (tertiary/aromatic N) is 2. The van der Waals surface area contributed by atoms with Crippen molar-refractivity contribution in [3.05, 3.63) is 170 Å². The van der Waals surface area contributed by atoms with Gasteiger partial charge in [-0.25, -0.2) is 0 Å². The summed E-state index contributed by atoms with van der Waals surface area (Å²) < 4.78 is 11.1. The van der Waals surface area contributed by atoms with Crippen molar-refractivity contribution in [3.8, 4) is 33.6 Å². The molecule has 0 aliphatic heterocycles. The summed E-state index contributed by atoms with van der Waals surface area (Å²) in [6.45, 7) is 0. The highest BCUT2D eigenvalue weighted by atomic mass is 16.3. The van der Waals surface area contributed by atoms with Gasteiger partial charge in [0.2, 0.25) is 5.71 Å². The Bertz CT molecular complexity index is 2720. The molecule has 0 amide bonds. The van der Waals surface area contributed by atoms with E-state index in [0.29, 0.717) is 0 Å². The van der Waals surface area contributed by atoms with E-state index in [4.69, 9.17) is 4.42 Å². The van der Waals surface area contributed by atoms with Gasteiger partial charge in [-0.2, -0.15) is 0 Å². The smallest absolute Gasteiger partial charge is 0.213 e. The molecule has 3 heterocycles. The highest BCUT2D eigenvalue weighted by molar-refractivity contribution is 6.20. The second kappa shape index (κ2) is 10.1. The molecule has 0 N–H and O–H groups in total. The van der Waals surface area contributed by atoms with Crippen LogP contribution in [-0.2, 0) is 0 Å². The first-order valence-corrected chi connectivity index (χ1v) is 16.0. The SMILES string of the molecule is c1ccc(-n2c3ccc(-c4cccc(-c5ccc(-n6c7ccccc7c7ccccc76)cc5)c4)cc3c3c4ccccc4oc32)cc1. The highest BCUT2D eigenvalue weighted by Gasteiger charge is 2.20. The summed E-state index contributed by atoms with van der Waals surface area (Å²) >= 11 is 0. The topological polar surface area (TPSA) is 23.0 Å². The maximum atomic E-state index is 6.49. The van der Waals surface area contributed by atoms with Gasteiger partial charge in [-0.05, 0) is 82.9 Å². The number of rotatable bonds is 4. The number of furan rings is 1. The van der Waals surface area contributed by atoms with Gasteiger partial charge in [0.05, 0.1) is 21.9 Å². The Kier molecular flexibility index (Phi) is 5.57. The Balaban J connectivity index is 1.08. The van der Waals surface area contributed by atoms with E-state index in [1.165, 1.54) is 49.4 Å². The summed E-state index contributed by atoms with van der Waals surface area (Å²) in [6.07, 6.45) is 0. The molecule has 10 rings (SSSR count). The predicted molar refractivity (Wildman–Crippen MR) is 196 cm³/mol. The summed E-state index contributed by atoms with van der Waals surface area (Å²) in [6, 6.07) is 60.7. The zero-order chi connectivity index (χ0) is 30.9. The molecule has 0 saturated carbocycles. The third-order valence-corrected chi connectivity index (χ3v) is 9.54. The minimum Gasteiger partial charge on any atom is -0.439 e. The van der Waals surface area contributed by atoms with Gasteiger partial charge in [-0.1, -0.05) is 109 Å². The summed E-state index contributed by atoms with van der Waals surface area (Å²) in [5.41, 5.74) is 12.4. The van der Waals surface area contributed by atoms with Gasteiger partial charge in [0.25, 0.3) is 0 Å². The van der Waals surface area contributed by atoms with Gasteiger partial charge in [0.1, 0.15) is 5.58 Å². The van der Waals surface area contributed by atoms with Crippen LogP contribution in [0.15, 0.2) is 174 Å². The molecule has 0 spiro atoms. The Labute approximate surface area is 271 Å². The molecule has 0 fully saturated rings. The first kappa shape index (κ1) is 26.0. The minimum absolute atomic E-state index is 0.877. The Hall–Kier alpha value is -6.32. The third kappa shape index (κ3) is 3.93. The van der Waals surface area contributed by atoms with E-state index in [2.05, 4.69) is 167 Å². The molecule has 0 bridgehead atoms. The number of para-hydroxylation sites is 4. The second-order valence-corrected chi connectivity index (χ2v) is 12.2. The lowest BCUT2D eigenvalue weighted by molar-refractivity contribution is 0.645. The van der Waals surface area contributed by atoms with E-state index in [9.17, 15) is 0 Å². The molecule has 220 valence electrons. The van der Waals surface area contributed by atoms with Crippen molar-refractivity contribution in [1.29, 1.82) is 0 Å². The van der Waals surface area contributed by atoms with Crippen molar-refractivity contribution in [2.24, 2.45) is 0 Å². The molecule has 0 aliphatic carbocycles. The van der Waals surface area contributed by atoms with Crippen molar-refractivity contribution in [3.63, 3.8) is 0 Å². The van der Waals surface area contributed by atoms with Crippen molar-refractivity contribution in [2.75, 3.05) is 0 Å². The van der Waals surface area contributed by atoms with Crippen LogP contribution in [0.5, 0.6) is 0 Å². The van der Waals surface area contributed by atoms with Gasteiger partial charge in [0, 0.05) is 32.9 Å². The molecule has 10 aromatic rings. The summed E-state index contributed by atoms with van der Waals surface area (Å²) in [4.78, 5) is 0. The molecule has 47 heavy (non-hydrogen) atoms. The lowest BCUT2D eigenvalue weighted by Gasteiger charge is -2.11. The van der Waals surface area contributed by atoms with Crippen LogP contribution < -0.4 is 0 Å². The molecule has 0 unspecified atom stereocenters. The average molecular weight is 601 g/mol. The number of benzene rings is 7. The van der Waals surface area contributed by atoms with E-state index in [1.807, 2.05) is 12.1 Å². The van der Waals surface area contributed by atoms with Crippen LogP contribution in [0.1, 0.15) is 0 Å². The van der Waals surface area contributed by atoms with E-state index < -0.39 is 0 Å². The van der Waals surface area contributed by atoms with Gasteiger partial charge in [-0.15, -0.1) is 0 Å². The van der Waals surface area contributed by atoms with Gasteiger partial charge >= 0.3 is 0 Å². The van der Waals surface area contributed by atoms with E-state index in [1.54, 1.807) is 0 Å². The summed E-state index contributed by atoms with van der Waals surface area (Å²) in [5, 5.41) is 6.02. The number of hydrogen-bond acceptors (Lipinski definition) is 1. The van der Waals surface area contributed by atoms with Crippen LogP contribution in [0.25, 0.3) is 88.4 Å². The fourth-order valence-electron chi connectivity index (χ4n) is 7.39. The van der Waals surface area contributed by atoms with Crippen LogP contribution in [0, 0.1) is 0 Å². The van der Waals surface area contributed by atoms with E-state index in [0.717, 1.165) is 39.0 Å². The fourth-order valence-corrected chi connectivity index (χ4v) is 7.39. The maximum Gasteiger partial charge on any atom is 0.213 e. The van der Waals surface area contributed by atoms with E-state index in [-0.39, 0.29) is 0 Å². The van der Waals surface area contributed by atoms with Crippen molar-refractivity contribution >= 4 is 54.8 Å². The second-order valence-electron chi connectivity index (χ2n) is 12.2. The Morgan fingerprint density at radius 2 is 0.894 bits per heavy atom. The molecular formula is C44H28N2O. The van der Waals surface area contributed by atoms with Crippen LogP contribution in [0.2, 0.25) is 0 Å². The standard InChI is InChI=1S/C44H28N2O/c1-2-13-33(14-3-1)46-41-26-23-32(28-38(41)43-37-17-6-9-20-42(37)47-44(43)46)31-12-10-11-30(27-31)29-21-24-34(25-22-29)45-39-18-7-4-15-35(39)36-16-5-8-19-40(36)45/h1-28H. The molecule has 3 nitrogen and oxygen atoms in total. The molecule has 3 aromatic heterocycles. The predicted octanol–water partition coefficient (Wildman–Crippen LogP) is 12.0. The number of hydrogen-bond donors (Lipinski definition) is 0. The van der Waals surface area contributed by atoms with Crippen LogP contribution in [-0.4, -0.2) is 9.13 Å². The first-order valence-electron chi connectivity index (χ1n) is 16.0. The molecular weight excluding hydrogens is 572 g/mol. The molecule has 0 atom stereocenters. The van der Waals surface area contributed by atoms with E-state index >= 15 is 0 Å². The Morgan fingerprint density at radius 1 is 0.340 bits per heavy atom.